The highest BCUT2D eigenvalue weighted by molar-refractivity contribution is 4.90. The lowest BCUT2D eigenvalue weighted by Gasteiger charge is -2.20. The first-order chi connectivity index (χ1) is 4.88. The Kier molecular flexibility index (Phi) is 2.99. The second-order valence-electron chi connectivity index (χ2n) is 3.56. The molecule has 0 aliphatic rings. The molecule has 62 valence electrons. The quantitative estimate of drug-likeness (QED) is 0.449. The molecule has 0 spiro atoms. The molecule has 0 aromatic rings. The third-order valence-corrected chi connectivity index (χ3v) is 1.53. The second kappa shape index (κ2) is 3.33. The molecule has 0 fully saturated rings. The van der Waals surface area contributed by atoms with Crippen molar-refractivity contribution in [2.45, 2.75) is 20.8 Å². The molecule has 0 bridgehead atoms. The average molecular weight is 156 g/mol. The molecule has 0 N–H and O–H groups in total. The van der Waals surface area contributed by atoms with Gasteiger partial charge < -0.3 is 0 Å². The van der Waals surface area contributed by atoms with Crippen molar-refractivity contribution >= 4 is 0 Å². The smallest absolute Gasteiger partial charge is 0.220 e. The van der Waals surface area contributed by atoms with Gasteiger partial charge in [-0.05, 0) is 5.41 Å². The average Bonchev–Trinajstić information content (AvgIpc) is 1.79. The number of rotatable bonds is 2. The van der Waals surface area contributed by atoms with Crippen LogP contribution in [0.3, 0.4) is 0 Å². The van der Waals surface area contributed by atoms with Crippen molar-refractivity contribution in [3.05, 3.63) is 10.1 Å². The molecule has 0 aliphatic heterocycles. The van der Waals surface area contributed by atoms with E-state index < -0.39 is 10.8 Å². The minimum atomic E-state index is -0.502. The molecule has 11 heavy (non-hydrogen) atoms. The first-order valence-electron chi connectivity index (χ1n) is 3.39. The minimum Gasteiger partial charge on any atom is -0.264 e. The first kappa shape index (κ1) is 9.89. The van der Waals surface area contributed by atoms with Gasteiger partial charge in [0.15, 0.2) is 0 Å². The van der Waals surface area contributed by atoms with Crippen molar-refractivity contribution in [3.8, 4) is 6.07 Å². The lowest BCUT2D eigenvalue weighted by Crippen LogP contribution is -2.26. The van der Waals surface area contributed by atoms with Gasteiger partial charge in [0.05, 0.1) is 6.07 Å². The van der Waals surface area contributed by atoms with Crippen molar-refractivity contribution in [2.24, 2.45) is 11.3 Å². The molecule has 0 saturated heterocycles. The Hall–Kier alpha value is -1.11. The number of nitrogens with zero attached hydrogens (tertiary/aromatic N) is 2. The number of hydrogen-bond acceptors (Lipinski definition) is 3. The zero-order valence-corrected chi connectivity index (χ0v) is 7.00. The van der Waals surface area contributed by atoms with Gasteiger partial charge in [0.2, 0.25) is 6.54 Å². The molecule has 0 rings (SSSR count). The Labute approximate surface area is 66.0 Å². The van der Waals surface area contributed by atoms with Crippen LogP contribution in [0, 0.1) is 32.8 Å². The van der Waals surface area contributed by atoms with Crippen molar-refractivity contribution in [2.75, 3.05) is 6.54 Å². The molecule has 0 amide bonds. The highest BCUT2D eigenvalue weighted by Crippen LogP contribution is 2.24. The van der Waals surface area contributed by atoms with Crippen LogP contribution in [0.1, 0.15) is 20.8 Å². The van der Waals surface area contributed by atoms with Crippen LogP contribution in [0.15, 0.2) is 0 Å². The Morgan fingerprint density at radius 1 is 1.64 bits per heavy atom. The fourth-order valence-electron chi connectivity index (χ4n) is 0.657. The fourth-order valence-corrected chi connectivity index (χ4v) is 0.657. The molecule has 0 unspecified atom stereocenters. The molecule has 0 aliphatic carbocycles. The molecule has 1 atom stereocenters. The van der Waals surface area contributed by atoms with Crippen LogP contribution in [0.25, 0.3) is 0 Å². The van der Waals surface area contributed by atoms with Gasteiger partial charge in [-0.3, -0.25) is 10.1 Å². The van der Waals surface area contributed by atoms with E-state index >= 15 is 0 Å². The van der Waals surface area contributed by atoms with E-state index in [4.69, 9.17) is 5.26 Å². The Morgan fingerprint density at radius 2 is 2.09 bits per heavy atom. The molecule has 4 nitrogen and oxygen atoms in total. The van der Waals surface area contributed by atoms with Gasteiger partial charge in [0.1, 0.15) is 5.92 Å². The Balaban J connectivity index is 4.22. The van der Waals surface area contributed by atoms with E-state index in [1.165, 1.54) is 0 Å². The first-order valence-corrected chi connectivity index (χ1v) is 3.39. The summed E-state index contributed by atoms with van der Waals surface area (Å²) >= 11 is 0. The van der Waals surface area contributed by atoms with Gasteiger partial charge in [-0.2, -0.15) is 5.26 Å². The maximum atomic E-state index is 10.1. The van der Waals surface area contributed by atoms with Crippen molar-refractivity contribution < 1.29 is 4.92 Å². The Bertz CT molecular complexity index is 188. The van der Waals surface area contributed by atoms with Gasteiger partial charge in [-0.15, -0.1) is 0 Å². The minimum absolute atomic E-state index is 0.264. The molecule has 0 saturated carbocycles. The number of nitriles is 1. The third-order valence-electron chi connectivity index (χ3n) is 1.53. The van der Waals surface area contributed by atoms with Crippen LogP contribution in [-0.4, -0.2) is 11.5 Å². The molecule has 4 heteroatoms. The molecule has 0 aromatic heterocycles. The molecule has 0 heterocycles. The van der Waals surface area contributed by atoms with Crippen LogP contribution in [0.4, 0.5) is 0 Å². The summed E-state index contributed by atoms with van der Waals surface area (Å²) in [6.07, 6.45) is 0. The molecule has 0 aromatic carbocycles. The van der Waals surface area contributed by atoms with E-state index in [1.54, 1.807) is 0 Å². The maximum Gasteiger partial charge on any atom is 0.220 e. The van der Waals surface area contributed by atoms with Crippen LogP contribution in [0.2, 0.25) is 0 Å². The lowest BCUT2D eigenvalue weighted by molar-refractivity contribution is -0.488. The Morgan fingerprint density at radius 3 is 2.18 bits per heavy atom. The highest BCUT2D eigenvalue weighted by Gasteiger charge is 2.28. The summed E-state index contributed by atoms with van der Waals surface area (Å²) < 4.78 is 0. The molecule has 0 radical (unpaired) electrons. The molecular formula is C7H12N2O2. The van der Waals surface area contributed by atoms with Gasteiger partial charge >= 0.3 is 0 Å². The van der Waals surface area contributed by atoms with Gasteiger partial charge in [-0.25, -0.2) is 0 Å². The van der Waals surface area contributed by atoms with Crippen LogP contribution < -0.4 is 0 Å². The zero-order valence-electron chi connectivity index (χ0n) is 7.00. The van der Waals surface area contributed by atoms with Gasteiger partial charge in [0, 0.05) is 4.92 Å². The van der Waals surface area contributed by atoms with E-state index in [0.717, 1.165) is 0 Å². The summed E-state index contributed by atoms with van der Waals surface area (Å²) in [7, 11) is 0. The van der Waals surface area contributed by atoms with Gasteiger partial charge in [-0.1, -0.05) is 20.8 Å². The van der Waals surface area contributed by atoms with Crippen molar-refractivity contribution in [1.82, 2.24) is 0 Å². The summed E-state index contributed by atoms with van der Waals surface area (Å²) in [6.45, 7) is 5.21. The third kappa shape index (κ3) is 3.56. The monoisotopic (exact) mass is 156 g/mol. The topological polar surface area (TPSA) is 66.9 Å². The van der Waals surface area contributed by atoms with Crippen molar-refractivity contribution in [1.29, 1.82) is 5.26 Å². The summed E-state index contributed by atoms with van der Waals surface area (Å²) in [5.74, 6) is -0.502. The summed E-state index contributed by atoms with van der Waals surface area (Å²) in [5.41, 5.74) is -0.304. The standard InChI is InChI=1S/C7H12N2O2/c1-7(2,3)6(4-8)5-9(10)11/h6H,5H2,1-3H3/t6-/m0/s1. The van der Waals surface area contributed by atoms with Crippen LogP contribution >= 0.6 is 0 Å². The second-order valence-corrected chi connectivity index (χ2v) is 3.56. The lowest BCUT2D eigenvalue weighted by atomic mass is 9.82. The van der Waals surface area contributed by atoms with E-state index in [-0.39, 0.29) is 12.0 Å². The number of hydrogen-bond donors (Lipinski definition) is 0. The predicted molar refractivity (Wildman–Crippen MR) is 40.4 cm³/mol. The van der Waals surface area contributed by atoms with E-state index in [2.05, 4.69) is 0 Å². The normalized spacial score (nSPS) is 13.6. The number of nitro groups is 1. The van der Waals surface area contributed by atoms with E-state index in [9.17, 15) is 10.1 Å². The zero-order chi connectivity index (χ0) is 9.07. The summed E-state index contributed by atoms with van der Waals surface area (Å²) in [6, 6.07) is 1.93. The van der Waals surface area contributed by atoms with Crippen LogP contribution in [-0.2, 0) is 0 Å². The van der Waals surface area contributed by atoms with Crippen LogP contribution in [0.5, 0.6) is 0 Å². The van der Waals surface area contributed by atoms with Crippen molar-refractivity contribution in [3.63, 3.8) is 0 Å². The van der Waals surface area contributed by atoms with E-state index in [1.807, 2.05) is 26.8 Å². The van der Waals surface area contributed by atoms with E-state index in [0.29, 0.717) is 0 Å². The molecular weight excluding hydrogens is 144 g/mol. The van der Waals surface area contributed by atoms with Gasteiger partial charge in [0.25, 0.3) is 0 Å². The predicted octanol–water partition coefficient (Wildman–Crippen LogP) is 1.45. The highest BCUT2D eigenvalue weighted by atomic mass is 16.6. The largest absolute Gasteiger partial charge is 0.264 e. The maximum absolute atomic E-state index is 10.1. The SMILES string of the molecule is CC(C)(C)[C@@H](C#N)C[N+](=O)[O-]. The fraction of sp³-hybridized carbons (Fsp3) is 0.857. The summed E-state index contributed by atoms with van der Waals surface area (Å²) in [5, 5.41) is 18.6. The summed E-state index contributed by atoms with van der Waals surface area (Å²) in [4.78, 5) is 9.62.